The first-order valence-corrected chi connectivity index (χ1v) is 14.1. The van der Waals surface area contributed by atoms with E-state index < -0.39 is 35.7 Å². The summed E-state index contributed by atoms with van der Waals surface area (Å²) in [5.41, 5.74) is 4.31. The number of halogens is 6. The van der Waals surface area contributed by atoms with Crippen LogP contribution in [0.1, 0.15) is 37.1 Å². The van der Waals surface area contributed by atoms with E-state index in [1.54, 1.807) is 0 Å². The molecule has 6 atom stereocenters. The van der Waals surface area contributed by atoms with E-state index in [-0.39, 0.29) is 37.3 Å². The molecule has 44 heavy (non-hydrogen) atoms. The molecule has 10 nitrogen and oxygen atoms in total. The molecule has 0 spiro atoms. The van der Waals surface area contributed by atoms with Gasteiger partial charge in [-0.15, -0.1) is 0 Å². The van der Waals surface area contributed by atoms with Crippen molar-refractivity contribution in [3.63, 3.8) is 0 Å². The molecule has 0 amide bonds. The number of anilines is 2. The number of carbonyl (C=O) groups is 2. The molecule has 2 saturated heterocycles. The number of fused-ring (bicyclic) bond motifs is 2. The van der Waals surface area contributed by atoms with E-state index in [2.05, 4.69) is 20.9 Å². The maximum atomic E-state index is 12.9. The van der Waals surface area contributed by atoms with E-state index in [9.17, 15) is 35.9 Å². The van der Waals surface area contributed by atoms with Crippen molar-refractivity contribution in [3.8, 4) is 0 Å². The van der Waals surface area contributed by atoms with Crippen LogP contribution in [0.5, 0.6) is 0 Å². The van der Waals surface area contributed by atoms with Gasteiger partial charge in [-0.05, 0) is 61.8 Å². The molecule has 2 saturated carbocycles. The number of hydrogen-bond donors (Lipinski definition) is 2. The molecule has 0 aromatic carbocycles. The highest BCUT2D eigenvalue weighted by molar-refractivity contribution is 5.91. The van der Waals surface area contributed by atoms with Gasteiger partial charge in [0, 0.05) is 36.3 Å². The van der Waals surface area contributed by atoms with Crippen LogP contribution in [-0.4, -0.2) is 59.2 Å². The first-order chi connectivity index (χ1) is 20.9. The molecule has 4 fully saturated rings. The molecule has 0 radical (unpaired) electrons. The Morgan fingerprint density at radius 2 is 1.14 bits per heavy atom. The standard InChI is InChI=1S/C28H28F6N6O4/c29-27(30,31)23-3-1-17(11-35-23)39-19(7-15-9-21(15)39)13-37-43-25(41)5-6-26(42)44-38-14-20-8-16-10-22(16)40(20)18-2-4-24(36-12-18)28(32,33)34/h1-6,11-12,15-16,19-22,37-38H,7-10,13-14H2/b6-5+. The Labute approximate surface area is 247 Å². The molecule has 16 heteroatoms. The van der Waals surface area contributed by atoms with Gasteiger partial charge < -0.3 is 19.5 Å². The van der Waals surface area contributed by atoms with Gasteiger partial charge in [0.25, 0.3) is 0 Å². The van der Waals surface area contributed by atoms with Crippen molar-refractivity contribution in [2.75, 3.05) is 22.9 Å². The zero-order valence-electron chi connectivity index (χ0n) is 23.0. The molecule has 2 N–H and O–H groups in total. The van der Waals surface area contributed by atoms with Crippen LogP contribution in [-0.2, 0) is 31.6 Å². The lowest BCUT2D eigenvalue weighted by molar-refractivity contribution is -0.147. The summed E-state index contributed by atoms with van der Waals surface area (Å²) in [6.07, 6.45) is -1.47. The molecule has 2 aliphatic carbocycles. The second-order valence-corrected chi connectivity index (χ2v) is 11.4. The summed E-state index contributed by atoms with van der Waals surface area (Å²) in [6.45, 7) is 0.432. The molecule has 4 heterocycles. The fourth-order valence-electron chi connectivity index (χ4n) is 6.32. The summed E-state index contributed by atoms with van der Waals surface area (Å²) in [5, 5.41) is 0. The van der Waals surface area contributed by atoms with Gasteiger partial charge in [-0.2, -0.15) is 37.3 Å². The first kappa shape index (κ1) is 30.1. The largest absolute Gasteiger partial charge is 0.433 e. The number of pyridine rings is 2. The monoisotopic (exact) mass is 626 g/mol. The fraction of sp³-hybridized carbons (Fsp3) is 0.500. The average molecular weight is 627 g/mol. The lowest BCUT2D eigenvalue weighted by Gasteiger charge is -2.29. The number of hydrogen-bond acceptors (Lipinski definition) is 10. The molecule has 4 aliphatic rings. The maximum Gasteiger partial charge on any atom is 0.433 e. The Hall–Kier alpha value is -3.92. The van der Waals surface area contributed by atoms with Crippen molar-refractivity contribution in [2.45, 2.75) is 62.2 Å². The minimum Gasteiger partial charge on any atom is -0.367 e. The Kier molecular flexibility index (Phi) is 7.90. The minimum atomic E-state index is -4.52. The van der Waals surface area contributed by atoms with Crippen LogP contribution in [0.15, 0.2) is 48.8 Å². The number of nitrogens with zero attached hydrogens (tertiary/aromatic N) is 4. The van der Waals surface area contributed by atoms with E-state index in [0.29, 0.717) is 23.2 Å². The summed E-state index contributed by atoms with van der Waals surface area (Å²) in [4.78, 5) is 45.1. The SMILES string of the molecule is O=C(/C=C/C(=O)ONCC1CC2CC2N1c1ccc(C(F)(F)F)nc1)ONCC1CC2CC2N1c1ccc(C(F)(F)F)nc1. The van der Waals surface area contributed by atoms with Gasteiger partial charge in [0.1, 0.15) is 11.4 Å². The third kappa shape index (κ3) is 6.60. The smallest absolute Gasteiger partial charge is 0.367 e. The van der Waals surface area contributed by atoms with Crippen LogP contribution >= 0.6 is 0 Å². The van der Waals surface area contributed by atoms with Crippen LogP contribution in [0, 0.1) is 11.8 Å². The van der Waals surface area contributed by atoms with E-state index in [4.69, 9.17) is 9.68 Å². The normalized spacial score (nSPS) is 27.3. The molecule has 0 bridgehead atoms. The number of piperidine rings is 2. The second-order valence-electron chi connectivity index (χ2n) is 11.4. The number of alkyl halides is 6. The summed E-state index contributed by atoms with van der Waals surface area (Å²) in [7, 11) is 0. The summed E-state index contributed by atoms with van der Waals surface area (Å²) < 4.78 is 77.2. The van der Waals surface area contributed by atoms with Gasteiger partial charge in [0.05, 0.1) is 36.9 Å². The van der Waals surface area contributed by atoms with Crippen molar-refractivity contribution in [1.82, 2.24) is 20.9 Å². The summed E-state index contributed by atoms with van der Waals surface area (Å²) in [6, 6.07) is 4.81. The van der Waals surface area contributed by atoms with E-state index >= 15 is 0 Å². The highest BCUT2D eigenvalue weighted by Gasteiger charge is 2.53. The van der Waals surface area contributed by atoms with Crippen molar-refractivity contribution >= 4 is 23.3 Å². The molecule has 236 valence electrons. The zero-order valence-corrected chi connectivity index (χ0v) is 23.0. The number of carbonyl (C=O) groups excluding carboxylic acids is 2. The van der Waals surface area contributed by atoms with Gasteiger partial charge in [-0.25, -0.2) is 19.6 Å². The van der Waals surface area contributed by atoms with Crippen molar-refractivity contribution in [2.24, 2.45) is 11.8 Å². The molecule has 6 unspecified atom stereocenters. The van der Waals surface area contributed by atoms with Crippen LogP contribution in [0.4, 0.5) is 37.7 Å². The molecular formula is C28H28F6N6O4. The quantitative estimate of drug-likeness (QED) is 0.230. The molecule has 2 aromatic rings. The third-order valence-electron chi connectivity index (χ3n) is 8.43. The van der Waals surface area contributed by atoms with Gasteiger partial charge >= 0.3 is 24.3 Å². The number of aromatic nitrogens is 2. The first-order valence-electron chi connectivity index (χ1n) is 14.1. The van der Waals surface area contributed by atoms with E-state index in [1.807, 2.05) is 9.80 Å². The second kappa shape index (κ2) is 11.5. The highest BCUT2D eigenvalue weighted by atomic mass is 19.4. The fourth-order valence-corrected chi connectivity index (χ4v) is 6.32. The lowest BCUT2D eigenvalue weighted by Crippen LogP contribution is -2.41. The van der Waals surface area contributed by atoms with Gasteiger partial charge in [0.2, 0.25) is 0 Å². The maximum absolute atomic E-state index is 12.9. The number of hydroxylamine groups is 2. The Balaban J connectivity index is 0.922. The van der Waals surface area contributed by atoms with E-state index in [1.165, 1.54) is 24.5 Å². The Morgan fingerprint density at radius 1 is 0.727 bits per heavy atom. The van der Waals surface area contributed by atoms with Crippen molar-refractivity contribution in [1.29, 1.82) is 0 Å². The number of rotatable bonds is 10. The highest BCUT2D eigenvalue weighted by Crippen LogP contribution is 2.50. The average Bonchev–Trinajstić information content (AvgIpc) is 3.85. The lowest BCUT2D eigenvalue weighted by atomic mass is 10.1. The Bertz CT molecular complexity index is 1300. The summed E-state index contributed by atoms with van der Waals surface area (Å²) >= 11 is 0. The topological polar surface area (TPSA) is 109 Å². The van der Waals surface area contributed by atoms with E-state index in [0.717, 1.165) is 50.0 Å². The van der Waals surface area contributed by atoms with Gasteiger partial charge in [-0.3, -0.25) is 0 Å². The zero-order chi connectivity index (χ0) is 31.2. The third-order valence-corrected chi connectivity index (χ3v) is 8.43. The molecule has 2 aliphatic heterocycles. The minimum absolute atomic E-state index is 0.122. The molecule has 2 aromatic heterocycles. The predicted molar refractivity (Wildman–Crippen MR) is 141 cm³/mol. The predicted octanol–water partition coefficient (Wildman–Crippen LogP) is 3.80. The molecule has 6 rings (SSSR count). The van der Waals surface area contributed by atoms with Crippen LogP contribution in [0.3, 0.4) is 0 Å². The van der Waals surface area contributed by atoms with Crippen LogP contribution in [0.25, 0.3) is 0 Å². The van der Waals surface area contributed by atoms with Crippen LogP contribution < -0.4 is 20.8 Å². The van der Waals surface area contributed by atoms with Gasteiger partial charge in [-0.1, -0.05) is 0 Å². The van der Waals surface area contributed by atoms with Crippen molar-refractivity contribution < 1.29 is 45.6 Å². The number of nitrogens with one attached hydrogen (secondary N) is 2. The molecular weight excluding hydrogens is 598 g/mol. The van der Waals surface area contributed by atoms with Gasteiger partial charge in [0.15, 0.2) is 0 Å². The summed E-state index contributed by atoms with van der Waals surface area (Å²) in [5.74, 6) is -0.888. The van der Waals surface area contributed by atoms with Crippen LogP contribution in [0.2, 0.25) is 0 Å². The Morgan fingerprint density at radius 3 is 1.48 bits per heavy atom. The van der Waals surface area contributed by atoms with Crippen molar-refractivity contribution in [3.05, 3.63) is 60.2 Å².